The molecule has 1 aromatic rings. The molecule has 1 unspecified atom stereocenters. The fourth-order valence-corrected chi connectivity index (χ4v) is 2.33. The van der Waals surface area contributed by atoms with Gasteiger partial charge in [-0.1, -0.05) is 62.6 Å². The second kappa shape index (κ2) is 5.05. The first-order valence-corrected chi connectivity index (χ1v) is 6.51. The first-order valence-electron chi connectivity index (χ1n) is 6.51. The summed E-state index contributed by atoms with van der Waals surface area (Å²) in [5.41, 5.74) is 2.58. The minimum Gasteiger partial charge on any atom is -0.511 e. The Bertz CT molecular complexity index is 454. The van der Waals surface area contributed by atoms with Gasteiger partial charge in [-0.15, -0.1) is 5.98 Å². The Morgan fingerprint density at radius 3 is 2.33 bits per heavy atom. The van der Waals surface area contributed by atoms with E-state index in [9.17, 15) is 0 Å². The molecule has 0 radical (unpaired) electrons. The zero-order valence-electron chi connectivity index (χ0n) is 11.7. The van der Waals surface area contributed by atoms with Crippen molar-refractivity contribution in [1.29, 1.82) is 0 Å². The Morgan fingerprint density at radius 2 is 1.78 bits per heavy atom. The van der Waals surface area contributed by atoms with Gasteiger partial charge >= 0.3 is 0 Å². The quantitative estimate of drug-likeness (QED) is 0.721. The van der Waals surface area contributed by atoms with Crippen LogP contribution in [-0.2, 0) is 4.74 Å². The SMILES string of the molecule is COC1=CC(C(C)(C)C)C=CB1c1ccccc1. The lowest BCUT2D eigenvalue weighted by atomic mass is 9.41. The lowest BCUT2D eigenvalue weighted by Crippen LogP contribution is -2.35. The molecule has 0 saturated carbocycles. The van der Waals surface area contributed by atoms with Crippen LogP contribution in [0, 0.1) is 11.3 Å². The number of ether oxygens (including phenoxy) is 1. The van der Waals surface area contributed by atoms with Crippen molar-refractivity contribution in [1.82, 2.24) is 0 Å². The number of allylic oxidation sites excluding steroid dienone is 2. The van der Waals surface area contributed by atoms with Gasteiger partial charge in [0.2, 0.25) is 0 Å². The average Bonchev–Trinajstić information content (AvgIpc) is 2.38. The van der Waals surface area contributed by atoms with Crippen LogP contribution in [-0.4, -0.2) is 13.8 Å². The van der Waals surface area contributed by atoms with Gasteiger partial charge in [-0.2, -0.15) is 0 Å². The van der Waals surface area contributed by atoms with E-state index < -0.39 is 0 Å². The molecule has 2 rings (SSSR count). The van der Waals surface area contributed by atoms with Gasteiger partial charge in [0.25, 0.3) is 6.71 Å². The summed E-state index contributed by atoms with van der Waals surface area (Å²) in [6.45, 7) is 7.03. The van der Waals surface area contributed by atoms with Gasteiger partial charge in [-0.05, 0) is 11.5 Å². The van der Waals surface area contributed by atoms with Crippen LogP contribution in [0.2, 0.25) is 0 Å². The summed E-state index contributed by atoms with van der Waals surface area (Å²) in [5, 5.41) is 0. The first-order chi connectivity index (χ1) is 8.52. The van der Waals surface area contributed by atoms with Gasteiger partial charge in [0.1, 0.15) is 0 Å². The Balaban J connectivity index is 2.29. The van der Waals surface area contributed by atoms with Gasteiger partial charge in [0.15, 0.2) is 0 Å². The predicted octanol–water partition coefficient (Wildman–Crippen LogP) is 3.23. The molecule has 0 N–H and O–H groups in total. The Hall–Kier alpha value is -1.44. The van der Waals surface area contributed by atoms with Crippen molar-refractivity contribution >= 4 is 12.2 Å². The number of methoxy groups -OCH3 is 1. The molecule has 0 bridgehead atoms. The maximum Gasteiger partial charge on any atom is 0.278 e. The third-order valence-electron chi connectivity index (χ3n) is 3.56. The van der Waals surface area contributed by atoms with Gasteiger partial charge < -0.3 is 4.74 Å². The second-order valence-electron chi connectivity index (χ2n) is 5.94. The third kappa shape index (κ3) is 2.69. The summed E-state index contributed by atoms with van der Waals surface area (Å²) in [6, 6.07) is 10.5. The molecule has 0 amide bonds. The highest BCUT2D eigenvalue weighted by Crippen LogP contribution is 2.32. The summed E-state index contributed by atoms with van der Waals surface area (Å²) < 4.78 is 5.59. The van der Waals surface area contributed by atoms with Gasteiger partial charge in [-0.25, -0.2) is 0 Å². The third-order valence-corrected chi connectivity index (χ3v) is 3.56. The molecule has 1 aromatic carbocycles. The summed E-state index contributed by atoms with van der Waals surface area (Å²) in [4.78, 5) is 0. The Kier molecular flexibility index (Phi) is 3.65. The highest BCUT2D eigenvalue weighted by atomic mass is 16.5. The van der Waals surface area contributed by atoms with Gasteiger partial charge in [-0.3, -0.25) is 0 Å². The molecule has 0 saturated heterocycles. The van der Waals surface area contributed by atoms with Crippen molar-refractivity contribution in [3.05, 3.63) is 54.1 Å². The molecular formula is C16H21BO. The lowest BCUT2D eigenvalue weighted by Gasteiger charge is -2.30. The molecule has 1 nitrogen and oxygen atoms in total. The fourth-order valence-electron chi connectivity index (χ4n) is 2.33. The molecule has 18 heavy (non-hydrogen) atoms. The van der Waals surface area contributed by atoms with E-state index in [1.54, 1.807) is 7.11 Å². The van der Waals surface area contributed by atoms with Crippen molar-refractivity contribution in [2.24, 2.45) is 11.3 Å². The smallest absolute Gasteiger partial charge is 0.278 e. The van der Waals surface area contributed by atoms with Crippen molar-refractivity contribution in [3.8, 4) is 0 Å². The average molecular weight is 240 g/mol. The maximum atomic E-state index is 5.59. The zero-order chi connectivity index (χ0) is 13.2. The molecule has 1 aliphatic rings. The van der Waals surface area contributed by atoms with Crippen molar-refractivity contribution in [2.75, 3.05) is 7.11 Å². The van der Waals surface area contributed by atoms with E-state index in [4.69, 9.17) is 4.74 Å². The monoisotopic (exact) mass is 240 g/mol. The molecule has 94 valence electrons. The van der Waals surface area contributed by atoms with E-state index in [1.165, 1.54) is 5.46 Å². The largest absolute Gasteiger partial charge is 0.511 e. The number of benzene rings is 1. The topological polar surface area (TPSA) is 9.23 Å². The summed E-state index contributed by atoms with van der Waals surface area (Å²) >= 11 is 0. The van der Waals surface area contributed by atoms with E-state index in [-0.39, 0.29) is 12.1 Å². The number of rotatable bonds is 2. The van der Waals surface area contributed by atoms with E-state index in [0.717, 1.165) is 5.66 Å². The van der Waals surface area contributed by atoms with Crippen LogP contribution in [0.4, 0.5) is 0 Å². The van der Waals surface area contributed by atoms with Crippen molar-refractivity contribution in [2.45, 2.75) is 20.8 Å². The van der Waals surface area contributed by atoms with Crippen LogP contribution < -0.4 is 5.46 Å². The van der Waals surface area contributed by atoms with Crippen LogP contribution in [0.1, 0.15) is 20.8 Å². The fraction of sp³-hybridized carbons (Fsp3) is 0.375. The molecule has 0 aliphatic carbocycles. The minimum atomic E-state index is 0.238. The second-order valence-corrected chi connectivity index (χ2v) is 5.94. The summed E-state index contributed by atoms with van der Waals surface area (Å²) in [7, 11) is 1.76. The van der Waals surface area contributed by atoms with Gasteiger partial charge in [0.05, 0.1) is 12.8 Å². The van der Waals surface area contributed by atoms with Gasteiger partial charge in [0, 0.05) is 5.92 Å². The minimum absolute atomic E-state index is 0.238. The van der Waals surface area contributed by atoms with Crippen LogP contribution in [0.15, 0.2) is 54.1 Å². The molecule has 1 heterocycles. The van der Waals surface area contributed by atoms with E-state index in [0.29, 0.717) is 5.92 Å². The van der Waals surface area contributed by atoms with E-state index in [1.807, 2.05) is 6.07 Å². The molecule has 2 heteroatoms. The predicted molar refractivity (Wildman–Crippen MR) is 79.0 cm³/mol. The molecule has 1 aliphatic heterocycles. The molecule has 0 spiro atoms. The standard InChI is InChI=1S/C16H21BO/c1-16(2,3)13-10-11-17(15(12-13)18-4)14-8-6-5-7-9-14/h5-13H,1-4H3. The zero-order valence-corrected chi connectivity index (χ0v) is 11.7. The summed E-state index contributed by atoms with van der Waals surface area (Å²) in [5.74, 6) is 2.71. The number of hydrogen-bond acceptors (Lipinski definition) is 1. The van der Waals surface area contributed by atoms with Crippen LogP contribution >= 0.6 is 0 Å². The molecule has 0 fully saturated rings. The molecular weight excluding hydrogens is 219 g/mol. The Labute approximate surface area is 111 Å². The maximum absolute atomic E-state index is 5.59. The van der Waals surface area contributed by atoms with Crippen LogP contribution in [0.3, 0.4) is 0 Å². The lowest BCUT2D eigenvalue weighted by molar-refractivity contribution is 0.295. The van der Waals surface area contributed by atoms with Crippen LogP contribution in [0.25, 0.3) is 0 Å². The van der Waals surface area contributed by atoms with Crippen molar-refractivity contribution in [3.63, 3.8) is 0 Å². The summed E-state index contributed by atoms with van der Waals surface area (Å²) in [6.07, 6.45) is 4.57. The van der Waals surface area contributed by atoms with Crippen LogP contribution in [0.5, 0.6) is 0 Å². The molecule has 1 atom stereocenters. The highest BCUT2D eigenvalue weighted by molar-refractivity contribution is 6.83. The van der Waals surface area contributed by atoms with Crippen molar-refractivity contribution < 1.29 is 4.74 Å². The Morgan fingerprint density at radius 1 is 1.11 bits per heavy atom. The van der Waals surface area contributed by atoms with E-state index >= 15 is 0 Å². The number of hydrogen-bond donors (Lipinski definition) is 0. The van der Waals surface area contributed by atoms with E-state index in [2.05, 4.69) is 63.2 Å². The highest BCUT2D eigenvalue weighted by Gasteiger charge is 2.29. The normalized spacial score (nSPS) is 19.7. The molecule has 0 aromatic heterocycles. The first kappa shape index (κ1) is 13.0.